The molecule has 0 amide bonds. The zero-order valence-corrected chi connectivity index (χ0v) is 12.7. The van der Waals surface area contributed by atoms with Gasteiger partial charge in [0, 0.05) is 43.5 Å². The van der Waals surface area contributed by atoms with E-state index in [1.165, 1.54) is 0 Å². The van der Waals surface area contributed by atoms with Crippen LogP contribution in [0.5, 0.6) is 0 Å². The van der Waals surface area contributed by atoms with Gasteiger partial charge in [-0.2, -0.15) is 5.10 Å². The smallest absolute Gasteiger partial charge is 0.135 e. The molecule has 3 rings (SSSR count). The minimum atomic E-state index is 0.460. The van der Waals surface area contributed by atoms with E-state index >= 15 is 0 Å². The maximum Gasteiger partial charge on any atom is 0.135 e. The van der Waals surface area contributed by atoms with Crippen LogP contribution in [0.3, 0.4) is 0 Å². The van der Waals surface area contributed by atoms with Crippen molar-refractivity contribution >= 4 is 22.4 Å². The molecule has 3 N–H and O–H groups in total. The molecular weight excluding hydrogens is 276 g/mol. The van der Waals surface area contributed by atoms with Gasteiger partial charge in [0.1, 0.15) is 11.6 Å². The minimum Gasteiger partial charge on any atom is -0.384 e. The van der Waals surface area contributed by atoms with Crippen LogP contribution in [-0.2, 0) is 7.05 Å². The number of rotatable bonds is 1. The van der Waals surface area contributed by atoms with Gasteiger partial charge in [-0.1, -0.05) is 11.8 Å². The highest BCUT2D eigenvalue weighted by Crippen LogP contribution is 2.24. The number of nitrogens with one attached hydrogen (secondary N) is 1. The summed E-state index contributed by atoms with van der Waals surface area (Å²) >= 11 is 0. The van der Waals surface area contributed by atoms with E-state index in [1.54, 1.807) is 17.1 Å². The fraction of sp³-hybridized carbons (Fsp3) is 0.188. The number of hydrogen-bond donors (Lipinski definition) is 2. The molecule has 6 nitrogen and oxygen atoms in total. The predicted octanol–water partition coefficient (Wildman–Crippen LogP) is 1.70. The molecule has 0 fully saturated rings. The SMILES string of the molecule is CNc1ncc(C#Cc2cn(C)nc2C)c2cc(N)ncc12. The third kappa shape index (κ3) is 2.44. The minimum absolute atomic E-state index is 0.460. The van der Waals surface area contributed by atoms with Gasteiger partial charge in [-0.05, 0) is 13.0 Å². The quantitative estimate of drug-likeness (QED) is 0.667. The van der Waals surface area contributed by atoms with E-state index < -0.39 is 0 Å². The van der Waals surface area contributed by atoms with Crippen LogP contribution in [-0.4, -0.2) is 26.8 Å². The van der Waals surface area contributed by atoms with Gasteiger partial charge in [-0.15, -0.1) is 0 Å². The number of nitrogens with two attached hydrogens (primary N) is 1. The first-order chi connectivity index (χ1) is 10.6. The standard InChI is InChI=1S/C16H16N6/c1-10-12(9-22(3)21-10)5-4-11-7-20-16(18-2)14-8-19-15(17)6-13(11)14/h6-9H,1-3H3,(H2,17,19)(H,18,20). The van der Waals surface area contributed by atoms with Crippen LogP contribution in [0.25, 0.3) is 10.8 Å². The molecule has 0 radical (unpaired) electrons. The average Bonchev–Trinajstić information content (AvgIpc) is 2.82. The van der Waals surface area contributed by atoms with Crippen LogP contribution >= 0.6 is 0 Å². The van der Waals surface area contributed by atoms with Crippen molar-refractivity contribution in [2.24, 2.45) is 7.05 Å². The third-order valence-electron chi connectivity index (χ3n) is 3.38. The number of aryl methyl sites for hydroxylation is 2. The van der Waals surface area contributed by atoms with Gasteiger partial charge in [-0.25, -0.2) is 9.97 Å². The largest absolute Gasteiger partial charge is 0.384 e. The summed E-state index contributed by atoms with van der Waals surface area (Å²) in [4.78, 5) is 8.51. The van der Waals surface area contributed by atoms with E-state index in [9.17, 15) is 0 Å². The van der Waals surface area contributed by atoms with Gasteiger partial charge in [0.15, 0.2) is 0 Å². The van der Waals surface area contributed by atoms with Gasteiger partial charge < -0.3 is 11.1 Å². The summed E-state index contributed by atoms with van der Waals surface area (Å²) in [5.41, 5.74) is 8.42. The highest BCUT2D eigenvalue weighted by molar-refractivity contribution is 5.96. The van der Waals surface area contributed by atoms with Crippen molar-refractivity contribution in [1.29, 1.82) is 0 Å². The summed E-state index contributed by atoms with van der Waals surface area (Å²) in [6, 6.07) is 1.82. The summed E-state index contributed by atoms with van der Waals surface area (Å²) in [6.45, 7) is 1.94. The molecule has 0 unspecified atom stereocenters. The van der Waals surface area contributed by atoms with E-state index in [0.29, 0.717) is 5.82 Å². The van der Waals surface area contributed by atoms with Gasteiger partial charge in [0.2, 0.25) is 0 Å². The van der Waals surface area contributed by atoms with E-state index in [4.69, 9.17) is 5.73 Å². The Kier molecular flexibility index (Phi) is 3.39. The Bertz CT molecular complexity index is 914. The molecule has 0 atom stereocenters. The Labute approximate surface area is 128 Å². The zero-order valence-electron chi connectivity index (χ0n) is 12.7. The van der Waals surface area contributed by atoms with Crippen molar-refractivity contribution in [3.63, 3.8) is 0 Å². The van der Waals surface area contributed by atoms with E-state index in [1.807, 2.05) is 33.3 Å². The number of pyridine rings is 2. The molecule has 0 aliphatic carbocycles. The summed E-state index contributed by atoms with van der Waals surface area (Å²) in [5, 5.41) is 9.16. The molecule has 110 valence electrons. The zero-order chi connectivity index (χ0) is 15.7. The number of aromatic nitrogens is 4. The number of nitrogen functional groups attached to an aromatic ring is 1. The first-order valence-corrected chi connectivity index (χ1v) is 6.82. The van der Waals surface area contributed by atoms with Crippen molar-refractivity contribution in [3.05, 3.63) is 41.5 Å². The van der Waals surface area contributed by atoms with E-state index in [-0.39, 0.29) is 0 Å². The molecule has 3 aromatic rings. The molecule has 22 heavy (non-hydrogen) atoms. The lowest BCUT2D eigenvalue weighted by Crippen LogP contribution is -1.97. The molecule has 3 aromatic heterocycles. The Hall–Kier alpha value is -3.07. The fourth-order valence-electron chi connectivity index (χ4n) is 2.31. The average molecular weight is 292 g/mol. The number of nitrogens with zero attached hydrogens (tertiary/aromatic N) is 4. The monoisotopic (exact) mass is 292 g/mol. The molecule has 0 spiro atoms. The van der Waals surface area contributed by atoms with Crippen LogP contribution < -0.4 is 11.1 Å². The Morgan fingerprint density at radius 3 is 2.59 bits per heavy atom. The van der Waals surface area contributed by atoms with E-state index in [0.717, 1.165) is 33.4 Å². The van der Waals surface area contributed by atoms with Crippen molar-refractivity contribution < 1.29 is 0 Å². The van der Waals surface area contributed by atoms with Gasteiger partial charge in [0.25, 0.3) is 0 Å². The lowest BCUT2D eigenvalue weighted by molar-refractivity contribution is 0.756. The summed E-state index contributed by atoms with van der Waals surface area (Å²) in [5.74, 6) is 7.52. The van der Waals surface area contributed by atoms with Gasteiger partial charge in [-0.3, -0.25) is 4.68 Å². The van der Waals surface area contributed by atoms with Crippen LogP contribution in [0.4, 0.5) is 11.6 Å². The first kappa shape index (κ1) is 13.9. The molecule has 3 heterocycles. The van der Waals surface area contributed by atoms with Crippen molar-refractivity contribution in [2.75, 3.05) is 18.1 Å². The van der Waals surface area contributed by atoms with Crippen molar-refractivity contribution in [2.45, 2.75) is 6.92 Å². The Morgan fingerprint density at radius 1 is 1.14 bits per heavy atom. The fourth-order valence-corrected chi connectivity index (χ4v) is 2.31. The van der Waals surface area contributed by atoms with Crippen LogP contribution in [0.15, 0.2) is 24.7 Å². The summed E-state index contributed by atoms with van der Waals surface area (Å²) in [7, 11) is 3.70. The second kappa shape index (κ2) is 5.37. The van der Waals surface area contributed by atoms with Crippen LogP contribution in [0.2, 0.25) is 0 Å². The molecule has 0 saturated heterocycles. The van der Waals surface area contributed by atoms with Gasteiger partial charge >= 0.3 is 0 Å². The molecule has 0 saturated carbocycles. The van der Waals surface area contributed by atoms with Crippen LogP contribution in [0.1, 0.15) is 16.8 Å². The Morgan fingerprint density at radius 2 is 1.91 bits per heavy atom. The molecule has 0 aliphatic rings. The highest BCUT2D eigenvalue weighted by Gasteiger charge is 2.07. The summed E-state index contributed by atoms with van der Waals surface area (Å²) in [6.07, 6.45) is 5.35. The lowest BCUT2D eigenvalue weighted by atomic mass is 10.1. The van der Waals surface area contributed by atoms with Gasteiger partial charge in [0.05, 0.1) is 16.8 Å². The van der Waals surface area contributed by atoms with Crippen molar-refractivity contribution in [3.8, 4) is 11.8 Å². The third-order valence-corrected chi connectivity index (χ3v) is 3.38. The van der Waals surface area contributed by atoms with E-state index in [2.05, 4.69) is 32.2 Å². The maximum absolute atomic E-state index is 5.81. The first-order valence-electron chi connectivity index (χ1n) is 6.82. The molecule has 6 heteroatoms. The number of anilines is 2. The topological polar surface area (TPSA) is 81.7 Å². The highest BCUT2D eigenvalue weighted by atomic mass is 15.2. The normalized spacial score (nSPS) is 10.3. The Balaban J connectivity index is 2.16. The van der Waals surface area contributed by atoms with Crippen LogP contribution in [0, 0.1) is 18.8 Å². The van der Waals surface area contributed by atoms with Crippen molar-refractivity contribution in [1.82, 2.24) is 19.7 Å². The molecular formula is C16H16N6. The molecule has 0 bridgehead atoms. The maximum atomic E-state index is 5.81. The second-order valence-corrected chi connectivity index (χ2v) is 4.98. The molecule has 0 aliphatic heterocycles. The summed E-state index contributed by atoms with van der Waals surface area (Å²) < 4.78 is 1.75. The molecule has 0 aromatic carbocycles. The number of fused-ring (bicyclic) bond motifs is 1. The lowest BCUT2D eigenvalue weighted by Gasteiger charge is -2.06. The predicted molar refractivity (Wildman–Crippen MR) is 87.4 cm³/mol. The second-order valence-electron chi connectivity index (χ2n) is 4.98. The number of hydrogen-bond acceptors (Lipinski definition) is 5.